The zero-order chi connectivity index (χ0) is 11.0. The van der Waals surface area contributed by atoms with Gasteiger partial charge in [-0.25, -0.2) is 4.79 Å². The number of phenols is 1. The molecule has 0 spiro atoms. The normalized spacial score (nSPS) is 10.5. The lowest BCUT2D eigenvalue weighted by molar-refractivity contribution is 0.312. The highest BCUT2D eigenvalue weighted by atomic mass is 16.6. The number of phenolic OH excluding ortho intramolecular Hbond substituents is 1. The van der Waals surface area contributed by atoms with Crippen LogP contribution in [0.3, 0.4) is 0 Å². The molecule has 15 heavy (non-hydrogen) atoms. The van der Waals surface area contributed by atoms with E-state index in [4.69, 9.17) is 16.0 Å². The van der Waals surface area contributed by atoms with Gasteiger partial charge in [-0.05, 0) is 6.07 Å². The first-order chi connectivity index (χ1) is 7.11. The number of hydrogen-bond acceptors (Lipinski definition) is 6. The maximum atomic E-state index is 11.0. The van der Waals surface area contributed by atoms with Gasteiger partial charge in [0.05, 0.1) is 0 Å². The number of nitrogen functional groups attached to an aromatic ring is 1. The van der Waals surface area contributed by atoms with Crippen molar-refractivity contribution in [3.05, 3.63) is 28.6 Å². The van der Waals surface area contributed by atoms with E-state index in [2.05, 4.69) is 4.84 Å². The highest BCUT2D eigenvalue weighted by Crippen LogP contribution is 2.32. The van der Waals surface area contributed by atoms with Crippen molar-refractivity contribution in [1.82, 2.24) is 0 Å². The van der Waals surface area contributed by atoms with Gasteiger partial charge in [0.25, 0.3) is 0 Å². The minimum Gasteiger partial charge on any atom is -0.504 e. The lowest BCUT2D eigenvalue weighted by Crippen LogP contribution is -2.04. The first-order valence-electron chi connectivity index (χ1n) is 4.05. The first-order valence-corrected chi connectivity index (χ1v) is 4.05. The quantitative estimate of drug-likeness (QED) is 0.460. The number of rotatable bonds is 1. The second-order valence-electron chi connectivity index (χ2n) is 2.95. The fraction of sp³-hybridized carbons (Fsp3) is 0. The Morgan fingerprint density at radius 2 is 2.07 bits per heavy atom. The molecule has 0 atom stereocenters. The molecule has 0 aliphatic heterocycles. The Morgan fingerprint density at radius 1 is 1.33 bits per heavy atom. The monoisotopic (exact) mass is 208 g/mol. The molecule has 6 heteroatoms. The molecular weight excluding hydrogens is 200 g/mol. The number of benzene rings is 1. The van der Waals surface area contributed by atoms with Crippen molar-refractivity contribution in [3.8, 4) is 11.5 Å². The Kier molecular flexibility index (Phi) is 1.98. The molecule has 5 N–H and O–H groups in total. The third kappa shape index (κ3) is 1.46. The molecule has 1 aromatic heterocycles. The summed E-state index contributed by atoms with van der Waals surface area (Å²) in [6, 6.07) is 3.74. The van der Waals surface area contributed by atoms with E-state index in [9.17, 15) is 9.90 Å². The van der Waals surface area contributed by atoms with Gasteiger partial charge in [0.1, 0.15) is 5.58 Å². The van der Waals surface area contributed by atoms with Gasteiger partial charge < -0.3 is 20.1 Å². The molecule has 78 valence electrons. The SMILES string of the molecule is NOc1cc2oc(=O)cc(N)c2cc1O. The fourth-order valence-electron chi connectivity index (χ4n) is 1.30. The van der Waals surface area contributed by atoms with E-state index in [0.29, 0.717) is 5.39 Å². The number of fused-ring (bicyclic) bond motifs is 1. The molecule has 1 heterocycles. The molecule has 0 saturated heterocycles. The second-order valence-corrected chi connectivity index (χ2v) is 2.95. The largest absolute Gasteiger partial charge is 0.504 e. The third-order valence-corrected chi connectivity index (χ3v) is 1.98. The number of aromatic hydroxyl groups is 1. The highest BCUT2D eigenvalue weighted by molar-refractivity contribution is 5.90. The zero-order valence-corrected chi connectivity index (χ0v) is 7.56. The summed E-state index contributed by atoms with van der Waals surface area (Å²) >= 11 is 0. The minimum absolute atomic E-state index is 0.0104. The Balaban J connectivity index is 2.87. The van der Waals surface area contributed by atoms with Crippen LogP contribution in [0.4, 0.5) is 5.69 Å². The average molecular weight is 208 g/mol. The van der Waals surface area contributed by atoms with Gasteiger partial charge in [-0.2, -0.15) is 5.90 Å². The first kappa shape index (κ1) is 9.35. The smallest absolute Gasteiger partial charge is 0.338 e. The van der Waals surface area contributed by atoms with Crippen LogP contribution in [-0.2, 0) is 0 Å². The van der Waals surface area contributed by atoms with E-state index in [0.717, 1.165) is 6.07 Å². The summed E-state index contributed by atoms with van der Waals surface area (Å²) in [5.41, 5.74) is 5.43. The van der Waals surface area contributed by atoms with Crippen LogP contribution < -0.4 is 22.1 Å². The van der Waals surface area contributed by atoms with Crippen molar-refractivity contribution in [2.45, 2.75) is 0 Å². The summed E-state index contributed by atoms with van der Waals surface area (Å²) in [5.74, 6) is 4.74. The zero-order valence-electron chi connectivity index (χ0n) is 7.56. The summed E-state index contributed by atoms with van der Waals surface area (Å²) in [4.78, 5) is 15.4. The van der Waals surface area contributed by atoms with E-state index >= 15 is 0 Å². The number of nitrogens with two attached hydrogens (primary N) is 2. The van der Waals surface area contributed by atoms with Crippen LogP contribution in [-0.4, -0.2) is 5.11 Å². The van der Waals surface area contributed by atoms with Crippen LogP contribution in [0.1, 0.15) is 0 Å². The summed E-state index contributed by atoms with van der Waals surface area (Å²) < 4.78 is 4.86. The van der Waals surface area contributed by atoms with Crippen molar-refractivity contribution in [2.75, 3.05) is 5.73 Å². The lowest BCUT2D eigenvalue weighted by atomic mass is 10.2. The fourth-order valence-corrected chi connectivity index (χ4v) is 1.30. The van der Waals surface area contributed by atoms with Crippen LogP contribution >= 0.6 is 0 Å². The van der Waals surface area contributed by atoms with Gasteiger partial charge in [0, 0.05) is 23.2 Å². The van der Waals surface area contributed by atoms with E-state index in [-0.39, 0.29) is 22.8 Å². The molecule has 0 aliphatic carbocycles. The Hall–Kier alpha value is -2.21. The predicted molar refractivity (Wildman–Crippen MR) is 53.4 cm³/mol. The molecule has 1 aromatic carbocycles. The Morgan fingerprint density at radius 3 is 2.73 bits per heavy atom. The Bertz CT molecular complexity index is 576. The topological polar surface area (TPSA) is 112 Å². The van der Waals surface area contributed by atoms with E-state index < -0.39 is 5.63 Å². The molecule has 0 fully saturated rings. The molecule has 0 unspecified atom stereocenters. The van der Waals surface area contributed by atoms with Gasteiger partial charge in [-0.3, -0.25) is 0 Å². The molecular formula is C9H8N2O4. The van der Waals surface area contributed by atoms with Crippen LogP contribution in [0.5, 0.6) is 11.5 Å². The van der Waals surface area contributed by atoms with Gasteiger partial charge in [0.15, 0.2) is 11.5 Å². The van der Waals surface area contributed by atoms with E-state index in [1.54, 1.807) is 0 Å². The maximum absolute atomic E-state index is 11.0. The number of hydrogen-bond donors (Lipinski definition) is 3. The van der Waals surface area contributed by atoms with Crippen molar-refractivity contribution in [3.63, 3.8) is 0 Å². The van der Waals surface area contributed by atoms with Crippen LogP contribution in [0.15, 0.2) is 27.4 Å². The van der Waals surface area contributed by atoms with Crippen LogP contribution in [0, 0.1) is 0 Å². The second kappa shape index (κ2) is 3.18. The van der Waals surface area contributed by atoms with Crippen molar-refractivity contribution >= 4 is 16.7 Å². The standard InChI is InChI=1S/C9H8N2O4/c10-5-2-9(13)14-7-3-8(15-11)6(12)1-4(5)7/h1-3,12H,10-11H2. The molecule has 6 nitrogen and oxygen atoms in total. The summed E-state index contributed by atoms with van der Waals surface area (Å²) in [6.45, 7) is 0. The van der Waals surface area contributed by atoms with Gasteiger partial charge in [-0.15, -0.1) is 0 Å². The lowest BCUT2D eigenvalue weighted by Gasteiger charge is -2.04. The summed E-state index contributed by atoms with van der Waals surface area (Å²) in [6.07, 6.45) is 0. The Labute approximate surface area is 83.6 Å². The predicted octanol–water partition coefficient (Wildman–Crippen LogP) is 0.333. The molecule has 0 saturated carbocycles. The van der Waals surface area contributed by atoms with Crippen molar-refractivity contribution in [1.29, 1.82) is 0 Å². The summed E-state index contributed by atoms with van der Waals surface area (Å²) in [5, 5.41) is 9.85. The van der Waals surface area contributed by atoms with Gasteiger partial charge >= 0.3 is 5.63 Å². The van der Waals surface area contributed by atoms with Crippen LogP contribution in [0.2, 0.25) is 0 Å². The van der Waals surface area contributed by atoms with Crippen LogP contribution in [0.25, 0.3) is 11.0 Å². The molecule has 2 rings (SSSR count). The van der Waals surface area contributed by atoms with E-state index in [1.165, 1.54) is 12.1 Å². The molecule has 0 bridgehead atoms. The van der Waals surface area contributed by atoms with Gasteiger partial charge in [0.2, 0.25) is 0 Å². The molecule has 0 radical (unpaired) electrons. The molecule has 0 amide bonds. The van der Waals surface area contributed by atoms with Crippen molar-refractivity contribution < 1.29 is 14.4 Å². The maximum Gasteiger partial charge on any atom is 0.338 e. The molecule has 0 aliphatic rings. The van der Waals surface area contributed by atoms with Crippen molar-refractivity contribution in [2.24, 2.45) is 5.90 Å². The summed E-state index contributed by atoms with van der Waals surface area (Å²) in [7, 11) is 0. The average Bonchev–Trinajstić information content (AvgIpc) is 2.18. The minimum atomic E-state index is -0.575. The van der Waals surface area contributed by atoms with E-state index in [1.807, 2.05) is 0 Å². The van der Waals surface area contributed by atoms with Gasteiger partial charge in [-0.1, -0.05) is 0 Å². The highest BCUT2D eigenvalue weighted by Gasteiger charge is 2.09. The third-order valence-electron chi connectivity index (χ3n) is 1.98. The number of anilines is 1. The molecule has 2 aromatic rings.